The van der Waals surface area contributed by atoms with E-state index >= 15 is 0 Å². The third-order valence-corrected chi connectivity index (χ3v) is 23.6. The van der Waals surface area contributed by atoms with Crippen LogP contribution in [-0.4, -0.2) is 179 Å². The van der Waals surface area contributed by atoms with Gasteiger partial charge in [0.25, 0.3) is 0 Å². The fraction of sp³-hybridized carbons (Fsp3) is 0.526. The summed E-state index contributed by atoms with van der Waals surface area (Å²) in [7, 11) is 10.0. The first-order valence-electron chi connectivity index (χ1n) is 26.3. The van der Waals surface area contributed by atoms with Crippen molar-refractivity contribution in [2.45, 2.75) is 154 Å². The van der Waals surface area contributed by atoms with E-state index in [-0.39, 0.29) is 42.7 Å². The first-order valence-corrected chi connectivity index (χ1v) is 31.6. The molecule has 9 saturated heterocycles. The Morgan fingerprint density at radius 3 is 1.06 bits per heavy atom. The van der Waals surface area contributed by atoms with Gasteiger partial charge in [-0.1, -0.05) is 43.8 Å². The SMILES string of the molecule is C.CN1C2CC(O)CC1C1OC12.CN1C2CC(OC(=O)C(O)(c3cccs3)c3cccs3)CC1C1OC12.COC(=O)C(O)(c1cccs1)c1cccs1.C[N+]1(C)C2CC(OC(=O)C(O)(c3cccs3)c3cccs3)CC1C1OC12.[Br-]. The summed E-state index contributed by atoms with van der Waals surface area (Å²) in [5.74, 6) is -1.79. The minimum Gasteiger partial charge on any atom is -1.00 e. The molecule has 6 aromatic rings. The Balaban J connectivity index is 0.000000124. The van der Waals surface area contributed by atoms with E-state index in [0.717, 1.165) is 43.0 Å². The third kappa shape index (κ3) is 10.5. The number of morpholine rings is 3. The Morgan fingerprint density at radius 2 is 0.775 bits per heavy atom. The van der Waals surface area contributed by atoms with Crippen LogP contribution in [0.25, 0.3) is 0 Å². The summed E-state index contributed by atoms with van der Waals surface area (Å²) < 4.78 is 34.4. The van der Waals surface area contributed by atoms with Gasteiger partial charge in [0.05, 0.1) is 56.6 Å². The standard InChI is InChI=1S/C19H22NO4S2.C18H19NO4S2.C11H10O3S2.C8H13NO2.CH4.BrH/c1-20(2)12-9-11(10-13(20)17-16(12)24-17)23-18(21)19(22,14-5-3-7-25-14)15-6-4-8-26-15;1-19-11-8-10(9-12(19)16-15(11)23-16)22-17(20)18(21,13-4-2-6-24-13)14-5-3-7-25-14;1-14-10(12)11(13,8-4-2-6-15-8)9-5-3-7-16-9;1-9-5-2-4(10)3-6(9)8-7(5)11-8;;/h3-8,11-13,16-17,22H,9-10H2,1-2H3;2-7,10-12,15-16,21H,8-9H2,1H3;2-7,13H,1H3;4-8,10H,2-3H2,1H3;1H4;1H/q+1;;;;;/p-1. The number of rotatable bonds is 11. The van der Waals surface area contributed by atoms with Gasteiger partial charge in [-0.25, -0.2) is 14.4 Å². The van der Waals surface area contributed by atoms with E-state index in [9.17, 15) is 34.8 Å². The van der Waals surface area contributed by atoms with Crippen LogP contribution in [0.2, 0.25) is 0 Å². The molecule has 0 spiro atoms. The predicted octanol–water partition coefficient (Wildman–Crippen LogP) is 4.00. The number of quaternary nitrogens is 1. The number of hydrogen-bond donors (Lipinski definition) is 4. The van der Waals surface area contributed by atoms with Gasteiger partial charge in [-0.05, 0) is 95.6 Å². The van der Waals surface area contributed by atoms with Crippen molar-refractivity contribution < 1.29 is 84.7 Å². The van der Waals surface area contributed by atoms with Crippen molar-refractivity contribution in [2.24, 2.45) is 0 Å². The second kappa shape index (κ2) is 23.3. The number of carbonyl (C=O) groups is 3. The van der Waals surface area contributed by atoms with Gasteiger partial charge in [0.2, 0.25) is 16.8 Å². The summed E-state index contributed by atoms with van der Waals surface area (Å²) in [6.07, 6.45) is 6.69. The number of esters is 3. The van der Waals surface area contributed by atoms with Gasteiger partial charge >= 0.3 is 17.9 Å². The molecule has 16 nitrogen and oxygen atoms in total. The molecule has 80 heavy (non-hydrogen) atoms. The number of halogens is 1. The van der Waals surface area contributed by atoms with Gasteiger partial charge in [0, 0.05) is 49.9 Å². The van der Waals surface area contributed by atoms with Gasteiger partial charge in [0.15, 0.2) is 0 Å². The molecule has 23 heteroatoms. The maximum atomic E-state index is 13.1. The monoisotopic (exact) mass is 1270 g/mol. The average molecular weight is 1280 g/mol. The van der Waals surface area contributed by atoms with Crippen molar-refractivity contribution >= 4 is 85.9 Å². The van der Waals surface area contributed by atoms with Crippen molar-refractivity contribution in [1.82, 2.24) is 9.80 Å². The molecule has 9 aliphatic rings. The summed E-state index contributed by atoms with van der Waals surface area (Å²) in [4.78, 5) is 46.2. The molecule has 0 amide bonds. The van der Waals surface area contributed by atoms with Gasteiger partial charge in [0.1, 0.15) is 60.9 Å². The number of hydrogen-bond acceptors (Lipinski definition) is 21. The molecular formula is C57H68BrN3O13S6. The number of ether oxygens (including phenoxy) is 6. The number of likely N-dealkylation sites (N-methyl/N-ethyl adjacent to an activating group) is 3. The van der Waals surface area contributed by atoms with E-state index in [1.54, 1.807) is 48.5 Å². The maximum Gasteiger partial charge on any atom is 0.349 e. The van der Waals surface area contributed by atoms with Crippen molar-refractivity contribution in [3.8, 4) is 0 Å². The van der Waals surface area contributed by atoms with E-state index in [0.29, 0.717) is 102 Å². The molecule has 0 saturated carbocycles. The van der Waals surface area contributed by atoms with E-state index < -0.39 is 34.7 Å². The van der Waals surface area contributed by atoms with Crippen LogP contribution >= 0.6 is 68.0 Å². The van der Waals surface area contributed by atoms with E-state index in [1.807, 2.05) is 56.5 Å². The highest BCUT2D eigenvalue weighted by atomic mass is 79.9. The fourth-order valence-corrected chi connectivity index (χ4v) is 18.5. The van der Waals surface area contributed by atoms with Crippen LogP contribution in [0.1, 0.15) is 75.2 Å². The molecule has 15 heterocycles. The minimum atomic E-state index is -1.72. The van der Waals surface area contributed by atoms with Crippen molar-refractivity contribution in [2.75, 3.05) is 35.3 Å². The van der Waals surface area contributed by atoms with Crippen LogP contribution in [0.15, 0.2) is 105 Å². The van der Waals surface area contributed by atoms with Gasteiger partial charge in [-0.3, -0.25) is 9.80 Å². The second-order valence-electron chi connectivity index (χ2n) is 22.2. The number of aliphatic hydroxyl groups excluding tert-OH is 1. The Bertz CT molecular complexity index is 2860. The van der Waals surface area contributed by atoms with Crippen LogP contribution in [0.3, 0.4) is 0 Å². The first kappa shape index (κ1) is 59.8. The number of epoxide rings is 3. The second-order valence-corrected chi connectivity index (χ2v) is 27.9. The highest BCUT2D eigenvalue weighted by Crippen LogP contribution is 2.53. The lowest BCUT2D eigenvalue weighted by atomic mass is 9.95. The van der Waals surface area contributed by atoms with Crippen molar-refractivity contribution in [1.29, 1.82) is 0 Å². The van der Waals surface area contributed by atoms with E-state index in [1.165, 1.54) is 75.1 Å². The number of fused-ring (bicyclic) bond motifs is 15. The first-order chi connectivity index (χ1) is 37.5. The molecule has 0 aliphatic carbocycles. The number of methoxy groups -OCH3 is 1. The Morgan fingerprint density at radius 1 is 0.500 bits per heavy atom. The summed E-state index contributed by atoms with van der Waals surface area (Å²) in [6.45, 7) is 0. The highest BCUT2D eigenvalue weighted by Gasteiger charge is 2.71. The van der Waals surface area contributed by atoms with Crippen LogP contribution in [0, 0.1) is 0 Å². The molecule has 432 valence electrons. The number of nitrogens with zero attached hydrogens (tertiary/aromatic N) is 3. The fourth-order valence-electron chi connectivity index (χ4n) is 13.3. The smallest absolute Gasteiger partial charge is 0.349 e. The summed E-state index contributed by atoms with van der Waals surface area (Å²) in [6, 6.07) is 23.9. The van der Waals surface area contributed by atoms with Crippen molar-refractivity contribution in [3.05, 3.63) is 134 Å². The van der Waals surface area contributed by atoms with Crippen LogP contribution in [0.5, 0.6) is 0 Å². The molecule has 0 radical (unpaired) electrons. The number of thiophene rings is 6. The summed E-state index contributed by atoms with van der Waals surface area (Å²) in [5.41, 5.74) is -5.11. The molecular weight excluding hydrogens is 1210 g/mol. The Kier molecular flexibility index (Phi) is 17.4. The number of carbonyl (C=O) groups excluding carboxylic acids is 3. The lowest BCUT2D eigenvalue weighted by molar-refractivity contribution is -0.938. The molecule has 6 bridgehead atoms. The quantitative estimate of drug-likeness (QED) is 0.0627. The molecule has 4 N–H and O–H groups in total. The topological polar surface area (TPSA) is 204 Å². The Labute approximate surface area is 500 Å². The number of piperidine rings is 3. The van der Waals surface area contributed by atoms with Crippen molar-refractivity contribution in [3.63, 3.8) is 0 Å². The molecule has 9 fully saturated rings. The van der Waals surface area contributed by atoms with Crippen LogP contribution < -0.4 is 17.0 Å². The minimum absolute atomic E-state index is 0. The predicted molar refractivity (Wildman–Crippen MR) is 303 cm³/mol. The normalized spacial score (nSPS) is 32.4. The summed E-state index contributed by atoms with van der Waals surface area (Å²) >= 11 is 8.13. The molecule has 15 rings (SSSR count). The Hall–Kier alpha value is -3.31. The largest absolute Gasteiger partial charge is 1.00 e. The molecule has 6 aromatic heterocycles. The maximum absolute atomic E-state index is 13.1. The third-order valence-electron chi connectivity index (χ3n) is 17.7. The molecule has 12 unspecified atom stereocenters. The molecule has 12 atom stereocenters. The van der Waals surface area contributed by atoms with E-state index in [2.05, 4.69) is 42.7 Å². The van der Waals surface area contributed by atoms with Gasteiger partial charge in [-0.2, -0.15) is 0 Å². The zero-order valence-corrected chi connectivity index (χ0v) is 50.4. The van der Waals surface area contributed by atoms with Gasteiger partial charge in [-0.15, -0.1) is 68.0 Å². The van der Waals surface area contributed by atoms with Crippen LogP contribution in [0.4, 0.5) is 0 Å². The molecule has 9 aliphatic heterocycles. The zero-order valence-electron chi connectivity index (χ0n) is 43.9. The summed E-state index contributed by atoms with van der Waals surface area (Å²) in [5, 5.41) is 53.8. The van der Waals surface area contributed by atoms with Crippen LogP contribution in [-0.2, 0) is 59.6 Å². The average Bonchev–Trinajstić information content (AvgIpc) is 4.12. The highest BCUT2D eigenvalue weighted by molar-refractivity contribution is 7.13. The van der Waals surface area contributed by atoms with E-state index in [4.69, 9.17) is 23.7 Å². The lowest BCUT2D eigenvalue weighted by Crippen LogP contribution is -3.00. The number of aliphatic hydroxyl groups is 4. The molecule has 0 aromatic carbocycles. The van der Waals surface area contributed by atoms with Gasteiger partial charge < -0.3 is 70.3 Å². The zero-order chi connectivity index (χ0) is 54.5. The lowest BCUT2D eigenvalue weighted by Gasteiger charge is -2.45.